The predicted molar refractivity (Wildman–Crippen MR) is 125 cm³/mol. The molecule has 0 saturated carbocycles. The zero-order chi connectivity index (χ0) is 23.1. The van der Waals surface area contributed by atoms with Crippen molar-refractivity contribution in [2.45, 2.75) is 19.9 Å². The summed E-state index contributed by atoms with van der Waals surface area (Å²) in [4.78, 5) is 20.1. The Balaban J connectivity index is 1.56. The van der Waals surface area contributed by atoms with Gasteiger partial charge in [-0.15, -0.1) is 0 Å². The molecule has 0 bridgehead atoms. The summed E-state index contributed by atoms with van der Waals surface area (Å²) in [7, 11) is 0. The smallest absolute Gasteiger partial charge is 0.238 e. The van der Waals surface area contributed by atoms with Gasteiger partial charge < -0.3 is 34.6 Å². The highest BCUT2D eigenvalue weighted by Crippen LogP contribution is 2.39. The summed E-state index contributed by atoms with van der Waals surface area (Å²) in [6.45, 7) is 3.41. The van der Waals surface area contributed by atoms with Gasteiger partial charge in [-0.2, -0.15) is 0 Å². The average Bonchev–Trinajstić information content (AvgIpc) is 3.40. The molecule has 9 heteroatoms. The summed E-state index contributed by atoms with van der Waals surface area (Å²) >= 11 is 0. The predicted octanol–water partition coefficient (Wildman–Crippen LogP) is 4.07. The zero-order valence-corrected chi connectivity index (χ0v) is 17.8. The third-order valence-electron chi connectivity index (χ3n) is 5.68. The SMILES string of the molecule is Cc1cncn1CCCNc1cc2[nH]ccc2cc1-c1oc2cc(O)cc(O)c2c(=O)c1O. The Morgan fingerprint density at radius 3 is 2.82 bits per heavy atom. The Labute approximate surface area is 187 Å². The number of phenolic OH excluding ortho intramolecular Hbond substituents is 2. The highest BCUT2D eigenvalue weighted by molar-refractivity contribution is 5.95. The van der Waals surface area contributed by atoms with Crippen molar-refractivity contribution in [3.63, 3.8) is 0 Å². The number of nitrogens with one attached hydrogen (secondary N) is 2. The first-order valence-corrected chi connectivity index (χ1v) is 10.5. The second kappa shape index (κ2) is 7.94. The van der Waals surface area contributed by atoms with E-state index in [0.717, 1.165) is 35.6 Å². The zero-order valence-electron chi connectivity index (χ0n) is 17.8. The normalized spacial score (nSPS) is 11.4. The molecule has 2 aromatic carbocycles. The largest absolute Gasteiger partial charge is 0.508 e. The van der Waals surface area contributed by atoms with Gasteiger partial charge in [0.25, 0.3) is 0 Å². The van der Waals surface area contributed by atoms with Crippen LogP contribution in [0.2, 0.25) is 0 Å². The summed E-state index contributed by atoms with van der Waals surface area (Å²) in [5.74, 6) is -1.38. The van der Waals surface area contributed by atoms with Crippen LogP contribution < -0.4 is 10.7 Å². The van der Waals surface area contributed by atoms with E-state index in [1.807, 2.05) is 25.3 Å². The van der Waals surface area contributed by atoms with Crippen molar-refractivity contribution in [2.75, 3.05) is 11.9 Å². The number of phenols is 2. The molecule has 0 amide bonds. The Morgan fingerprint density at radius 1 is 1.18 bits per heavy atom. The number of hydrogen-bond acceptors (Lipinski definition) is 7. The number of anilines is 1. The van der Waals surface area contributed by atoms with E-state index in [1.165, 1.54) is 6.07 Å². The van der Waals surface area contributed by atoms with Crippen molar-refractivity contribution >= 4 is 27.6 Å². The van der Waals surface area contributed by atoms with E-state index < -0.39 is 16.9 Å². The molecule has 9 nitrogen and oxygen atoms in total. The number of rotatable bonds is 6. The minimum Gasteiger partial charge on any atom is -0.508 e. The molecule has 3 heterocycles. The first kappa shape index (κ1) is 20.5. The van der Waals surface area contributed by atoms with E-state index in [-0.39, 0.29) is 22.5 Å². The molecule has 168 valence electrons. The molecule has 3 aromatic heterocycles. The first-order valence-electron chi connectivity index (χ1n) is 10.5. The first-order chi connectivity index (χ1) is 15.9. The molecule has 0 aliphatic heterocycles. The van der Waals surface area contributed by atoms with Gasteiger partial charge in [0.15, 0.2) is 5.76 Å². The fourth-order valence-electron chi connectivity index (χ4n) is 3.99. The molecule has 5 N–H and O–H groups in total. The standard InChI is InChI=1S/C24H22N4O5/c1-13-11-25-12-28(13)6-2-4-26-18-10-17-14(3-5-27-17)7-16(18)24-23(32)22(31)21-19(30)8-15(29)9-20(21)33-24/h3,5,7-12,26-27,29-30,32H,2,4,6H2,1H3. The van der Waals surface area contributed by atoms with Crippen molar-refractivity contribution in [1.29, 1.82) is 0 Å². The molecule has 0 aliphatic carbocycles. The second-order valence-electron chi connectivity index (χ2n) is 7.92. The number of aryl methyl sites for hydroxylation is 2. The molecule has 0 saturated heterocycles. The number of hydrogen-bond donors (Lipinski definition) is 5. The molecule has 0 spiro atoms. The van der Waals surface area contributed by atoms with Gasteiger partial charge in [0.2, 0.25) is 11.2 Å². The van der Waals surface area contributed by atoms with Gasteiger partial charge in [-0.25, -0.2) is 4.98 Å². The Morgan fingerprint density at radius 2 is 2.03 bits per heavy atom. The van der Waals surface area contributed by atoms with Gasteiger partial charge >= 0.3 is 0 Å². The number of benzene rings is 2. The second-order valence-corrected chi connectivity index (χ2v) is 7.92. The summed E-state index contributed by atoms with van der Waals surface area (Å²) < 4.78 is 7.90. The van der Waals surface area contributed by atoms with E-state index in [2.05, 4.69) is 19.9 Å². The van der Waals surface area contributed by atoms with Crippen LogP contribution in [-0.4, -0.2) is 36.4 Å². The molecule has 33 heavy (non-hydrogen) atoms. The van der Waals surface area contributed by atoms with Crippen molar-refractivity contribution in [2.24, 2.45) is 0 Å². The Hall–Kier alpha value is -4.40. The highest BCUT2D eigenvalue weighted by atomic mass is 16.4. The van der Waals surface area contributed by atoms with Gasteiger partial charge in [0.05, 0.1) is 6.33 Å². The molecular weight excluding hydrogens is 424 g/mol. The maximum absolute atomic E-state index is 12.8. The topological polar surface area (TPSA) is 137 Å². The minimum atomic E-state index is -0.778. The lowest BCUT2D eigenvalue weighted by Crippen LogP contribution is -2.08. The van der Waals surface area contributed by atoms with Crippen LogP contribution in [-0.2, 0) is 6.54 Å². The van der Waals surface area contributed by atoms with Gasteiger partial charge in [-0.1, -0.05) is 0 Å². The van der Waals surface area contributed by atoms with E-state index >= 15 is 0 Å². The van der Waals surface area contributed by atoms with Crippen LogP contribution in [0.4, 0.5) is 5.69 Å². The van der Waals surface area contributed by atoms with Crippen LogP contribution in [0.25, 0.3) is 33.2 Å². The fraction of sp³-hybridized carbons (Fsp3) is 0.167. The van der Waals surface area contributed by atoms with Crippen LogP contribution >= 0.6 is 0 Å². The molecule has 0 unspecified atom stereocenters. The van der Waals surface area contributed by atoms with Crippen LogP contribution in [0.1, 0.15) is 12.1 Å². The van der Waals surface area contributed by atoms with E-state index in [0.29, 0.717) is 17.8 Å². The quantitative estimate of drug-likeness (QED) is 0.248. The Kier molecular flexibility index (Phi) is 4.93. The molecule has 5 aromatic rings. The third kappa shape index (κ3) is 3.63. The molecule has 0 aliphatic rings. The van der Waals surface area contributed by atoms with Gasteiger partial charge in [0, 0.05) is 65.5 Å². The monoisotopic (exact) mass is 446 g/mol. The van der Waals surface area contributed by atoms with Gasteiger partial charge in [-0.05, 0) is 31.5 Å². The fourth-order valence-corrected chi connectivity index (χ4v) is 3.99. The molecule has 0 atom stereocenters. The molecular formula is C24H22N4O5. The van der Waals surface area contributed by atoms with E-state index in [4.69, 9.17) is 4.42 Å². The summed E-state index contributed by atoms with van der Waals surface area (Å²) in [6, 6.07) is 7.82. The number of nitrogens with zero attached hydrogens (tertiary/aromatic N) is 2. The van der Waals surface area contributed by atoms with Crippen LogP contribution in [0.15, 0.2) is 58.3 Å². The lowest BCUT2D eigenvalue weighted by atomic mass is 10.0. The summed E-state index contributed by atoms with van der Waals surface area (Å²) in [5.41, 5.74) is 2.30. The number of aromatic nitrogens is 3. The van der Waals surface area contributed by atoms with Crippen molar-refractivity contribution in [3.8, 4) is 28.6 Å². The maximum Gasteiger partial charge on any atom is 0.238 e. The summed E-state index contributed by atoms with van der Waals surface area (Å²) in [5, 5.41) is 34.6. The maximum atomic E-state index is 12.8. The third-order valence-corrected chi connectivity index (χ3v) is 5.68. The number of H-pyrrole nitrogens is 1. The lowest BCUT2D eigenvalue weighted by Gasteiger charge is -2.14. The molecule has 0 radical (unpaired) electrons. The van der Waals surface area contributed by atoms with E-state index in [9.17, 15) is 20.1 Å². The number of imidazole rings is 1. The van der Waals surface area contributed by atoms with Crippen LogP contribution in [0.3, 0.4) is 0 Å². The highest BCUT2D eigenvalue weighted by Gasteiger charge is 2.21. The Bertz CT molecular complexity index is 1550. The lowest BCUT2D eigenvalue weighted by molar-refractivity contribution is 0.438. The number of aromatic amines is 1. The van der Waals surface area contributed by atoms with Gasteiger partial charge in [-0.3, -0.25) is 4.79 Å². The van der Waals surface area contributed by atoms with Gasteiger partial charge in [0.1, 0.15) is 22.5 Å². The average molecular weight is 446 g/mol. The minimum absolute atomic E-state index is 0.0269. The number of aromatic hydroxyl groups is 3. The molecule has 0 fully saturated rings. The number of fused-ring (bicyclic) bond motifs is 2. The summed E-state index contributed by atoms with van der Waals surface area (Å²) in [6.07, 6.45) is 6.21. The van der Waals surface area contributed by atoms with Crippen molar-refractivity contribution in [3.05, 3.63) is 65.0 Å². The van der Waals surface area contributed by atoms with Crippen LogP contribution in [0, 0.1) is 6.92 Å². The van der Waals surface area contributed by atoms with E-state index in [1.54, 1.807) is 18.6 Å². The molecule has 5 rings (SSSR count). The van der Waals surface area contributed by atoms with Crippen molar-refractivity contribution in [1.82, 2.24) is 14.5 Å². The van der Waals surface area contributed by atoms with Crippen LogP contribution in [0.5, 0.6) is 17.2 Å². The van der Waals surface area contributed by atoms with Crippen molar-refractivity contribution < 1.29 is 19.7 Å².